The van der Waals surface area contributed by atoms with E-state index in [0.29, 0.717) is 6.61 Å². The van der Waals surface area contributed by atoms with Gasteiger partial charge < -0.3 is 10.2 Å². The van der Waals surface area contributed by atoms with Gasteiger partial charge in [-0.3, -0.25) is 0 Å². The summed E-state index contributed by atoms with van der Waals surface area (Å²) in [7, 11) is 0. The fourth-order valence-corrected chi connectivity index (χ4v) is 5.60. The molecule has 1 atom stereocenters. The highest BCUT2D eigenvalue weighted by molar-refractivity contribution is 4.58. The van der Waals surface area contributed by atoms with E-state index in [1.54, 1.807) is 0 Å². The van der Waals surface area contributed by atoms with Crippen LogP contribution >= 0.6 is 0 Å². The molecule has 0 bridgehead atoms. The van der Waals surface area contributed by atoms with Crippen molar-refractivity contribution in [3.8, 4) is 0 Å². The van der Waals surface area contributed by atoms with Gasteiger partial charge in [-0.25, -0.2) is 0 Å². The minimum Gasteiger partial charge on any atom is -0.396 e. The van der Waals surface area contributed by atoms with Crippen molar-refractivity contribution in [2.24, 2.45) is 5.92 Å². The van der Waals surface area contributed by atoms with Gasteiger partial charge in [0.1, 0.15) is 0 Å². The Hall–Kier alpha value is -0.0800. The molecule has 0 aliphatic carbocycles. The van der Waals surface area contributed by atoms with Crippen molar-refractivity contribution in [2.45, 2.75) is 233 Å². The van der Waals surface area contributed by atoms with Gasteiger partial charge in [0.25, 0.3) is 0 Å². The van der Waals surface area contributed by atoms with Crippen LogP contribution in [0.1, 0.15) is 227 Å². The van der Waals surface area contributed by atoms with Gasteiger partial charge in [-0.2, -0.15) is 0 Å². The fourth-order valence-electron chi connectivity index (χ4n) is 5.60. The van der Waals surface area contributed by atoms with E-state index in [4.69, 9.17) is 5.11 Å². The van der Waals surface area contributed by atoms with E-state index in [0.717, 1.165) is 25.2 Å². The number of aliphatic hydroxyl groups excluding tert-OH is 2. The number of hydrogen-bond acceptors (Lipinski definition) is 2. The van der Waals surface area contributed by atoms with Crippen molar-refractivity contribution in [1.82, 2.24) is 0 Å². The third-order valence-electron chi connectivity index (χ3n) is 8.47. The maximum atomic E-state index is 9.95. The minimum atomic E-state index is -0.0271. The molecule has 0 saturated heterocycles. The van der Waals surface area contributed by atoms with Crippen LogP contribution in [-0.4, -0.2) is 22.9 Å². The second-order valence-electron chi connectivity index (χ2n) is 13.3. The average molecular weight is 569 g/mol. The summed E-state index contributed by atoms with van der Waals surface area (Å²) >= 11 is 0. The van der Waals surface area contributed by atoms with Crippen molar-refractivity contribution in [1.29, 1.82) is 0 Å². The van der Waals surface area contributed by atoms with E-state index >= 15 is 0 Å². The maximum absolute atomic E-state index is 9.95. The first-order chi connectivity index (χ1) is 19.6. The Labute approximate surface area is 255 Å². The molecule has 0 aromatic heterocycles. The molecule has 2 nitrogen and oxygen atoms in total. The quantitative estimate of drug-likeness (QED) is 0.0792. The maximum Gasteiger partial charge on any atom is 0.0540 e. The first kappa shape index (κ1) is 42.1. The van der Waals surface area contributed by atoms with Crippen LogP contribution in [0.3, 0.4) is 0 Å². The Morgan fingerprint density at radius 3 is 0.875 bits per heavy atom. The fraction of sp³-hybridized carbons (Fsp3) is 1.00. The number of rotatable bonds is 32. The summed E-state index contributed by atoms with van der Waals surface area (Å²) in [4.78, 5) is 0. The van der Waals surface area contributed by atoms with Crippen LogP contribution in [0.5, 0.6) is 0 Å². The molecular weight excluding hydrogens is 488 g/mol. The molecule has 0 rings (SSSR count). The van der Waals surface area contributed by atoms with Crippen LogP contribution in [0.25, 0.3) is 0 Å². The van der Waals surface area contributed by atoms with E-state index in [1.807, 2.05) is 0 Å². The summed E-state index contributed by atoms with van der Waals surface area (Å²) in [6, 6.07) is 0. The van der Waals surface area contributed by atoms with Crippen molar-refractivity contribution < 1.29 is 10.2 Å². The van der Waals surface area contributed by atoms with Gasteiger partial charge in [0.2, 0.25) is 0 Å². The summed E-state index contributed by atoms with van der Waals surface area (Å²) in [5.74, 6) is 0.886. The summed E-state index contributed by atoms with van der Waals surface area (Å²) < 4.78 is 0. The van der Waals surface area contributed by atoms with Gasteiger partial charge in [0.05, 0.1) is 6.10 Å². The summed E-state index contributed by atoms with van der Waals surface area (Å²) in [6.45, 7) is 9.55. The summed E-state index contributed by atoms with van der Waals surface area (Å²) in [6.07, 6.45) is 41.6. The van der Waals surface area contributed by atoms with Gasteiger partial charge in [-0.1, -0.05) is 207 Å². The Bertz CT molecular complexity index is 408. The van der Waals surface area contributed by atoms with Gasteiger partial charge in [-0.05, 0) is 25.2 Å². The molecule has 0 spiro atoms. The van der Waals surface area contributed by atoms with Crippen molar-refractivity contribution in [2.75, 3.05) is 6.61 Å². The number of hydrogen-bond donors (Lipinski definition) is 2. The van der Waals surface area contributed by atoms with Crippen LogP contribution in [0, 0.1) is 5.92 Å². The first-order valence-electron chi connectivity index (χ1n) is 18.9. The van der Waals surface area contributed by atoms with Crippen LogP contribution in [0.2, 0.25) is 0 Å². The zero-order valence-electron chi connectivity index (χ0n) is 28.7. The second-order valence-corrected chi connectivity index (χ2v) is 13.3. The van der Waals surface area contributed by atoms with Crippen LogP contribution in [-0.2, 0) is 0 Å². The average Bonchev–Trinajstić information content (AvgIpc) is 2.94. The lowest BCUT2D eigenvalue weighted by Crippen LogP contribution is -2.05. The van der Waals surface area contributed by atoms with E-state index in [-0.39, 0.29) is 6.10 Å². The molecule has 0 aliphatic rings. The first-order valence-corrected chi connectivity index (χ1v) is 18.9. The van der Waals surface area contributed by atoms with Gasteiger partial charge in [0.15, 0.2) is 0 Å². The SMILES string of the molecule is CC(C)CCCCCCCCCCCCCCCO.CCCCCCCCCCCC(O)CCCCCCCC. The van der Waals surface area contributed by atoms with Crippen LogP contribution in [0.4, 0.5) is 0 Å². The minimum absolute atomic E-state index is 0.0271. The van der Waals surface area contributed by atoms with Crippen molar-refractivity contribution in [3.63, 3.8) is 0 Å². The molecule has 0 amide bonds. The second kappa shape index (κ2) is 38.9. The predicted molar refractivity (Wildman–Crippen MR) is 182 cm³/mol. The number of unbranched alkanes of at least 4 members (excludes halogenated alkanes) is 25. The lowest BCUT2D eigenvalue weighted by molar-refractivity contribution is 0.147. The highest BCUT2D eigenvalue weighted by Gasteiger charge is 2.03. The molecule has 40 heavy (non-hydrogen) atoms. The molecule has 0 saturated carbocycles. The Balaban J connectivity index is 0. The molecule has 2 N–H and O–H groups in total. The van der Waals surface area contributed by atoms with E-state index < -0.39 is 0 Å². The predicted octanol–water partition coefficient (Wildman–Crippen LogP) is 13.1. The third kappa shape index (κ3) is 42.4. The third-order valence-corrected chi connectivity index (χ3v) is 8.47. The Morgan fingerprint density at radius 2 is 0.600 bits per heavy atom. The van der Waals surface area contributed by atoms with Gasteiger partial charge in [-0.15, -0.1) is 0 Å². The molecule has 0 aromatic rings. The molecular formula is C38H80O2. The zero-order valence-corrected chi connectivity index (χ0v) is 28.7. The molecule has 1 unspecified atom stereocenters. The van der Waals surface area contributed by atoms with Gasteiger partial charge in [0, 0.05) is 6.61 Å². The van der Waals surface area contributed by atoms with Crippen LogP contribution < -0.4 is 0 Å². The Morgan fingerprint density at radius 1 is 0.350 bits per heavy atom. The molecule has 0 aromatic carbocycles. The standard InChI is InChI=1S/C20H42O.C18H38O/c1-3-5-7-9-11-12-13-15-17-19-20(21)18-16-14-10-8-6-4-2;1-18(2)16-14-12-10-8-6-4-3-5-7-9-11-13-15-17-19/h20-21H,3-19H2,1-2H3;18-19H,3-17H2,1-2H3. The topological polar surface area (TPSA) is 40.5 Å². The van der Waals surface area contributed by atoms with E-state index in [2.05, 4.69) is 27.7 Å². The van der Waals surface area contributed by atoms with Crippen molar-refractivity contribution in [3.05, 3.63) is 0 Å². The normalized spacial score (nSPS) is 12.1. The highest BCUT2D eigenvalue weighted by Crippen LogP contribution is 2.16. The van der Waals surface area contributed by atoms with Gasteiger partial charge >= 0.3 is 0 Å². The van der Waals surface area contributed by atoms with E-state index in [1.165, 1.54) is 180 Å². The summed E-state index contributed by atoms with van der Waals surface area (Å²) in [5, 5.41) is 18.6. The molecule has 0 aliphatic heterocycles. The monoisotopic (exact) mass is 569 g/mol. The largest absolute Gasteiger partial charge is 0.396 e. The molecule has 0 fully saturated rings. The molecule has 2 heteroatoms. The highest BCUT2D eigenvalue weighted by atomic mass is 16.3. The Kier molecular flexibility index (Phi) is 40.9. The van der Waals surface area contributed by atoms with E-state index in [9.17, 15) is 5.11 Å². The summed E-state index contributed by atoms with van der Waals surface area (Å²) in [5.41, 5.74) is 0. The number of aliphatic hydroxyl groups is 2. The molecule has 244 valence electrons. The molecule has 0 heterocycles. The lowest BCUT2D eigenvalue weighted by Gasteiger charge is -2.10. The van der Waals surface area contributed by atoms with Crippen LogP contribution in [0.15, 0.2) is 0 Å². The molecule has 0 radical (unpaired) electrons. The lowest BCUT2D eigenvalue weighted by atomic mass is 10.0. The van der Waals surface area contributed by atoms with Crippen molar-refractivity contribution >= 4 is 0 Å². The smallest absolute Gasteiger partial charge is 0.0540 e. The zero-order chi connectivity index (χ0) is 29.8.